The zero-order chi connectivity index (χ0) is 38.4. The summed E-state index contributed by atoms with van der Waals surface area (Å²) in [6.45, 7) is 8.29. The molecule has 0 aliphatic carbocycles. The van der Waals surface area contributed by atoms with Crippen molar-refractivity contribution in [2.75, 3.05) is 83.8 Å². The molecule has 1 unspecified atom stereocenters. The van der Waals surface area contributed by atoms with Gasteiger partial charge in [0.2, 0.25) is 5.91 Å². The predicted molar refractivity (Wildman–Crippen MR) is 210 cm³/mol. The fourth-order valence-corrected chi connectivity index (χ4v) is 7.94. The standard InChI is InChI=1S/C38H48N10O6S/c1-2-3-6-27(49)10-11-35(51)48-14-13-46(26-33(48)34(50)9-5-17-52-21-22-53-18-12-40-45-39)25-28-23-32-36(55-28)38(47-15-19-54-20-16-47)43-37(42-32)29-7-4-8-31-30(29)24-41-44-31/h3-4,6-8,23-24,33H,2,5,9-22,25-26H2,1H3,(H,41,44)/b6-3+. The van der Waals surface area contributed by atoms with Crippen LogP contribution in [0.5, 0.6) is 0 Å². The highest BCUT2D eigenvalue weighted by Gasteiger charge is 2.35. The van der Waals surface area contributed by atoms with Crippen molar-refractivity contribution in [3.8, 4) is 11.4 Å². The molecule has 2 aliphatic heterocycles. The van der Waals surface area contributed by atoms with E-state index >= 15 is 0 Å². The number of nitrogens with one attached hydrogen (secondary N) is 1. The molecule has 2 aliphatic rings. The number of azide groups is 1. The van der Waals surface area contributed by atoms with E-state index in [1.54, 1.807) is 28.5 Å². The second-order valence-electron chi connectivity index (χ2n) is 13.4. The number of H-pyrrole nitrogens is 1. The first-order valence-corrected chi connectivity index (χ1v) is 19.7. The molecule has 5 heterocycles. The van der Waals surface area contributed by atoms with Gasteiger partial charge in [-0.2, -0.15) is 5.10 Å². The van der Waals surface area contributed by atoms with E-state index in [0.29, 0.717) is 78.1 Å². The molecule has 1 atom stereocenters. The lowest BCUT2D eigenvalue weighted by molar-refractivity contribution is -0.143. The summed E-state index contributed by atoms with van der Waals surface area (Å²) in [5, 5.41) is 11.7. The van der Waals surface area contributed by atoms with Crippen molar-refractivity contribution >= 4 is 55.7 Å². The first-order chi connectivity index (χ1) is 26.9. The maximum absolute atomic E-state index is 13.8. The summed E-state index contributed by atoms with van der Waals surface area (Å²) in [4.78, 5) is 59.7. The number of rotatable bonds is 20. The number of aromatic amines is 1. The number of nitrogens with zero attached hydrogens (tertiary/aromatic N) is 9. The third-order valence-electron chi connectivity index (χ3n) is 9.58. The van der Waals surface area contributed by atoms with Crippen LogP contribution in [0.25, 0.3) is 43.0 Å². The number of carbonyl (C=O) groups is 3. The fourth-order valence-electron chi connectivity index (χ4n) is 6.79. The largest absolute Gasteiger partial charge is 0.379 e. The normalized spacial score (nSPS) is 16.6. The number of hydrogen-bond donors (Lipinski definition) is 1. The molecular formula is C38H48N10O6S. The molecule has 6 rings (SSSR count). The predicted octanol–water partition coefficient (Wildman–Crippen LogP) is 5.09. The fraction of sp³-hybridized carbons (Fsp3) is 0.526. The molecule has 1 N–H and O–H groups in total. The molecule has 0 saturated carbocycles. The number of allylic oxidation sites excluding steroid dienone is 2. The number of Topliss-reactive ketones (excluding diaryl/α,β-unsaturated/α-hetero) is 1. The van der Waals surface area contributed by atoms with Crippen LogP contribution < -0.4 is 4.90 Å². The number of fused-ring (bicyclic) bond motifs is 2. The van der Waals surface area contributed by atoms with Gasteiger partial charge in [0, 0.05) is 92.4 Å². The average Bonchev–Trinajstić information content (AvgIpc) is 3.86. The van der Waals surface area contributed by atoms with Crippen molar-refractivity contribution in [1.82, 2.24) is 30.0 Å². The second-order valence-corrected chi connectivity index (χ2v) is 14.5. The zero-order valence-corrected chi connectivity index (χ0v) is 32.0. The summed E-state index contributed by atoms with van der Waals surface area (Å²) in [6.07, 6.45) is 6.80. The highest BCUT2D eigenvalue weighted by Crippen LogP contribution is 2.36. The Morgan fingerprint density at radius 2 is 1.91 bits per heavy atom. The molecular weight excluding hydrogens is 725 g/mol. The highest BCUT2D eigenvalue weighted by molar-refractivity contribution is 7.19. The van der Waals surface area contributed by atoms with E-state index in [-0.39, 0.29) is 43.3 Å². The molecule has 0 radical (unpaired) electrons. The molecule has 17 heteroatoms. The van der Waals surface area contributed by atoms with Gasteiger partial charge in [0.1, 0.15) is 6.04 Å². The van der Waals surface area contributed by atoms with Crippen LogP contribution in [0.1, 0.15) is 43.9 Å². The number of ketones is 2. The van der Waals surface area contributed by atoms with Crippen LogP contribution in [-0.4, -0.2) is 132 Å². The number of amides is 1. The lowest BCUT2D eigenvalue weighted by Gasteiger charge is -2.40. The molecule has 55 heavy (non-hydrogen) atoms. The number of ether oxygens (including phenoxy) is 3. The molecule has 3 aromatic heterocycles. The minimum absolute atomic E-state index is 0.0284. The number of hydrogen-bond acceptors (Lipinski definition) is 13. The van der Waals surface area contributed by atoms with Crippen molar-refractivity contribution in [1.29, 1.82) is 0 Å². The van der Waals surface area contributed by atoms with Gasteiger partial charge in [0.25, 0.3) is 0 Å². The van der Waals surface area contributed by atoms with Crippen LogP contribution in [0.2, 0.25) is 0 Å². The van der Waals surface area contributed by atoms with E-state index in [4.69, 9.17) is 29.7 Å². The Hall–Kier alpha value is -4.77. The summed E-state index contributed by atoms with van der Waals surface area (Å²) in [7, 11) is 0. The smallest absolute Gasteiger partial charge is 0.223 e. The van der Waals surface area contributed by atoms with Gasteiger partial charge >= 0.3 is 0 Å². The van der Waals surface area contributed by atoms with Crippen molar-refractivity contribution in [2.24, 2.45) is 5.11 Å². The van der Waals surface area contributed by atoms with E-state index in [9.17, 15) is 14.4 Å². The molecule has 2 fully saturated rings. The Kier molecular flexibility index (Phi) is 14.7. The molecule has 16 nitrogen and oxygen atoms in total. The molecule has 1 aromatic carbocycles. The van der Waals surface area contributed by atoms with E-state index in [1.807, 2.05) is 25.1 Å². The summed E-state index contributed by atoms with van der Waals surface area (Å²) in [6, 6.07) is 7.46. The second kappa shape index (κ2) is 20.2. The summed E-state index contributed by atoms with van der Waals surface area (Å²) >= 11 is 1.66. The monoisotopic (exact) mass is 772 g/mol. The minimum atomic E-state index is -0.633. The van der Waals surface area contributed by atoms with Crippen molar-refractivity contribution in [3.63, 3.8) is 0 Å². The van der Waals surface area contributed by atoms with Gasteiger partial charge in [-0.3, -0.25) is 24.4 Å². The molecule has 4 aromatic rings. The summed E-state index contributed by atoms with van der Waals surface area (Å²) in [5.41, 5.74) is 11.0. The Morgan fingerprint density at radius 1 is 1.07 bits per heavy atom. The molecule has 0 spiro atoms. The minimum Gasteiger partial charge on any atom is -0.379 e. The third-order valence-corrected chi connectivity index (χ3v) is 10.7. The van der Waals surface area contributed by atoms with Gasteiger partial charge in [-0.15, -0.1) is 11.3 Å². The van der Waals surface area contributed by atoms with Gasteiger partial charge in [0.05, 0.1) is 55.0 Å². The van der Waals surface area contributed by atoms with Crippen LogP contribution in [0.15, 0.2) is 47.7 Å². The first kappa shape index (κ1) is 39.9. The van der Waals surface area contributed by atoms with Gasteiger partial charge < -0.3 is 24.0 Å². The number of carbonyl (C=O) groups excluding carboxylic acids is 3. The average molecular weight is 773 g/mol. The van der Waals surface area contributed by atoms with E-state index < -0.39 is 6.04 Å². The lowest BCUT2D eigenvalue weighted by Crippen LogP contribution is -2.58. The molecule has 1 amide bonds. The number of morpholine rings is 1. The molecule has 2 saturated heterocycles. The van der Waals surface area contributed by atoms with Crippen LogP contribution in [0.3, 0.4) is 0 Å². The quantitative estimate of drug-likeness (QED) is 0.0414. The maximum Gasteiger partial charge on any atom is 0.223 e. The Balaban J connectivity index is 1.16. The number of aromatic nitrogens is 4. The third kappa shape index (κ3) is 10.7. The van der Waals surface area contributed by atoms with Crippen molar-refractivity contribution < 1.29 is 28.6 Å². The summed E-state index contributed by atoms with van der Waals surface area (Å²) < 4.78 is 17.7. The van der Waals surface area contributed by atoms with Crippen LogP contribution in [0, 0.1) is 0 Å². The molecule has 0 bridgehead atoms. The highest BCUT2D eigenvalue weighted by atomic mass is 32.1. The van der Waals surface area contributed by atoms with Crippen LogP contribution in [-0.2, 0) is 35.1 Å². The van der Waals surface area contributed by atoms with Gasteiger partial charge in [0.15, 0.2) is 23.2 Å². The zero-order valence-electron chi connectivity index (χ0n) is 31.2. The van der Waals surface area contributed by atoms with E-state index in [2.05, 4.69) is 36.1 Å². The van der Waals surface area contributed by atoms with Crippen LogP contribution >= 0.6 is 11.3 Å². The Bertz CT molecular complexity index is 2000. The van der Waals surface area contributed by atoms with E-state index in [1.165, 1.54) is 6.08 Å². The SMILES string of the molecule is CC/C=C/C(=O)CCC(=O)N1CCN(Cc2cc3nc(-c4cccc5[nH]ncc45)nc(N4CCOCC4)c3s2)CC1C(=O)CCCOCCOCCN=[N+]=[N-]. The van der Waals surface area contributed by atoms with Crippen molar-refractivity contribution in [3.05, 3.63) is 57.9 Å². The maximum atomic E-state index is 13.8. The van der Waals surface area contributed by atoms with Crippen LogP contribution in [0.4, 0.5) is 5.82 Å². The first-order valence-electron chi connectivity index (χ1n) is 18.9. The number of benzene rings is 1. The topological polar surface area (TPSA) is 192 Å². The van der Waals surface area contributed by atoms with Gasteiger partial charge in [-0.1, -0.05) is 30.2 Å². The number of thiophene rings is 1. The molecule has 292 valence electrons. The van der Waals surface area contributed by atoms with Gasteiger partial charge in [-0.25, -0.2) is 9.97 Å². The Morgan fingerprint density at radius 3 is 2.73 bits per heavy atom. The number of piperazine rings is 1. The Labute approximate surface area is 323 Å². The lowest BCUT2D eigenvalue weighted by atomic mass is 10.0. The van der Waals surface area contributed by atoms with E-state index in [0.717, 1.165) is 56.9 Å². The van der Waals surface area contributed by atoms with Gasteiger partial charge in [-0.05, 0) is 36.6 Å². The summed E-state index contributed by atoms with van der Waals surface area (Å²) in [5.74, 6) is 1.21. The number of anilines is 1. The van der Waals surface area contributed by atoms with Crippen molar-refractivity contribution in [2.45, 2.75) is 51.6 Å².